The van der Waals surface area contributed by atoms with Crippen LogP contribution in [0.25, 0.3) is 5.65 Å². The van der Waals surface area contributed by atoms with Gasteiger partial charge >= 0.3 is 0 Å². The minimum Gasteiger partial charge on any atom is -0.369 e. The predicted molar refractivity (Wildman–Crippen MR) is 104 cm³/mol. The summed E-state index contributed by atoms with van der Waals surface area (Å²) in [7, 11) is 0. The second-order valence-corrected chi connectivity index (χ2v) is 7.69. The van der Waals surface area contributed by atoms with E-state index in [1.54, 1.807) is 10.5 Å². The standard InChI is InChI=1S/C21H23F2N5/c22-16-1-4-19(5-2-16)26-7-9-27(10-8-26)20-14-25(15-20)12-18-13-28-11-17(23)3-6-21(28)24-18/h1-6,11,13,20H,7-10,12,14-15H2. The van der Waals surface area contributed by atoms with Gasteiger partial charge in [0.15, 0.2) is 0 Å². The molecule has 0 bridgehead atoms. The second-order valence-electron chi connectivity index (χ2n) is 7.69. The number of imidazole rings is 1. The van der Waals surface area contributed by atoms with E-state index >= 15 is 0 Å². The molecule has 0 spiro atoms. The Hall–Kier alpha value is -2.51. The molecule has 2 aromatic heterocycles. The van der Waals surface area contributed by atoms with Gasteiger partial charge in [-0.2, -0.15) is 0 Å². The quantitative estimate of drug-likeness (QED) is 0.692. The molecule has 0 N–H and O–H groups in total. The van der Waals surface area contributed by atoms with Crippen molar-refractivity contribution in [3.05, 3.63) is 66.1 Å². The molecule has 2 fully saturated rings. The van der Waals surface area contributed by atoms with Crippen LogP contribution in [0, 0.1) is 11.6 Å². The zero-order valence-corrected chi connectivity index (χ0v) is 15.6. The van der Waals surface area contributed by atoms with Crippen LogP contribution in [0.2, 0.25) is 0 Å². The first-order valence-electron chi connectivity index (χ1n) is 9.74. The molecule has 2 aliphatic rings. The fraction of sp³-hybridized carbons (Fsp3) is 0.381. The van der Waals surface area contributed by atoms with Gasteiger partial charge in [0, 0.05) is 69.9 Å². The number of hydrogen-bond donors (Lipinski definition) is 0. The summed E-state index contributed by atoms with van der Waals surface area (Å²) in [4.78, 5) is 11.8. The van der Waals surface area contributed by atoms with E-state index in [9.17, 15) is 8.78 Å². The minimum absolute atomic E-state index is 0.187. The van der Waals surface area contributed by atoms with Crippen LogP contribution in [0.3, 0.4) is 0 Å². The Kier molecular flexibility index (Phi) is 4.49. The highest BCUT2D eigenvalue weighted by molar-refractivity contribution is 5.46. The molecule has 0 saturated carbocycles. The smallest absolute Gasteiger partial charge is 0.139 e. The number of nitrogens with zero attached hydrogens (tertiary/aromatic N) is 5. The van der Waals surface area contributed by atoms with Crippen LogP contribution in [0.15, 0.2) is 48.8 Å². The van der Waals surface area contributed by atoms with Crippen molar-refractivity contribution in [2.45, 2.75) is 12.6 Å². The average Bonchev–Trinajstić information content (AvgIpc) is 3.07. The van der Waals surface area contributed by atoms with Crippen LogP contribution < -0.4 is 4.90 Å². The molecular formula is C21H23F2N5. The average molecular weight is 383 g/mol. The summed E-state index contributed by atoms with van der Waals surface area (Å²) in [6, 6.07) is 10.5. The lowest BCUT2D eigenvalue weighted by molar-refractivity contribution is 0.0250. The van der Waals surface area contributed by atoms with Crippen molar-refractivity contribution in [3.63, 3.8) is 0 Å². The normalized spacial score (nSPS) is 19.3. The van der Waals surface area contributed by atoms with Gasteiger partial charge in [-0.1, -0.05) is 0 Å². The number of halogens is 2. The van der Waals surface area contributed by atoms with Crippen molar-refractivity contribution in [1.82, 2.24) is 19.2 Å². The maximum Gasteiger partial charge on any atom is 0.139 e. The molecule has 0 atom stereocenters. The van der Waals surface area contributed by atoms with Crippen LogP contribution in [0.1, 0.15) is 5.69 Å². The van der Waals surface area contributed by atoms with Crippen molar-refractivity contribution in [1.29, 1.82) is 0 Å². The predicted octanol–water partition coefficient (Wildman–Crippen LogP) is 2.62. The number of pyridine rings is 1. The first kappa shape index (κ1) is 17.6. The van der Waals surface area contributed by atoms with E-state index in [2.05, 4.69) is 19.7 Å². The Morgan fingerprint density at radius 3 is 2.32 bits per heavy atom. The topological polar surface area (TPSA) is 27.0 Å². The van der Waals surface area contributed by atoms with Crippen molar-refractivity contribution in [2.75, 3.05) is 44.2 Å². The minimum atomic E-state index is -0.250. The number of hydrogen-bond acceptors (Lipinski definition) is 4. The molecule has 0 aliphatic carbocycles. The Morgan fingerprint density at radius 2 is 1.57 bits per heavy atom. The van der Waals surface area contributed by atoms with Crippen molar-refractivity contribution in [3.8, 4) is 0 Å². The Morgan fingerprint density at radius 1 is 0.857 bits per heavy atom. The first-order valence-corrected chi connectivity index (χ1v) is 9.74. The van der Waals surface area contributed by atoms with Gasteiger partial charge in [0.25, 0.3) is 0 Å². The maximum absolute atomic E-state index is 13.3. The fourth-order valence-corrected chi connectivity index (χ4v) is 4.22. The number of benzene rings is 1. The molecule has 1 aromatic carbocycles. The highest BCUT2D eigenvalue weighted by Crippen LogP contribution is 2.22. The zero-order chi connectivity index (χ0) is 19.1. The number of anilines is 1. The van der Waals surface area contributed by atoms with Crippen LogP contribution in [0.4, 0.5) is 14.5 Å². The molecule has 5 nitrogen and oxygen atoms in total. The molecular weight excluding hydrogens is 360 g/mol. The number of rotatable bonds is 4. The van der Waals surface area contributed by atoms with E-state index in [0.29, 0.717) is 6.04 Å². The largest absolute Gasteiger partial charge is 0.369 e. The van der Waals surface area contributed by atoms with E-state index in [-0.39, 0.29) is 11.6 Å². The van der Waals surface area contributed by atoms with Gasteiger partial charge in [-0.25, -0.2) is 13.8 Å². The molecule has 3 aromatic rings. The third-order valence-electron chi connectivity index (χ3n) is 5.81. The van der Waals surface area contributed by atoms with Gasteiger partial charge in [0.2, 0.25) is 0 Å². The number of likely N-dealkylation sites (tertiary alicyclic amines) is 1. The summed E-state index contributed by atoms with van der Waals surface area (Å²) < 4.78 is 28.2. The number of piperazine rings is 1. The molecule has 28 heavy (non-hydrogen) atoms. The monoisotopic (exact) mass is 383 g/mol. The van der Waals surface area contributed by atoms with Crippen molar-refractivity contribution >= 4 is 11.3 Å². The summed E-state index contributed by atoms with van der Waals surface area (Å²) >= 11 is 0. The third kappa shape index (κ3) is 3.47. The van der Waals surface area contributed by atoms with Gasteiger partial charge in [0.05, 0.1) is 5.69 Å². The first-order chi connectivity index (χ1) is 13.6. The summed E-state index contributed by atoms with van der Waals surface area (Å²) in [5.74, 6) is -0.437. The van der Waals surface area contributed by atoms with Gasteiger partial charge in [-0.15, -0.1) is 0 Å². The Bertz CT molecular complexity index is 957. The lowest BCUT2D eigenvalue weighted by Crippen LogP contribution is -2.62. The molecule has 0 radical (unpaired) electrons. The molecule has 2 aliphatic heterocycles. The van der Waals surface area contributed by atoms with Crippen molar-refractivity contribution < 1.29 is 8.78 Å². The van der Waals surface area contributed by atoms with E-state index in [0.717, 1.165) is 62.8 Å². The van der Waals surface area contributed by atoms with Gasteiger partial charge < -0.3 is 9.30 Å². The Balaban J connectivity index is 1.12. The van der Waals surface area contributed by atoms with E-state index in [1.165, 1.54) is 24.4 Å². The maximum atomic E-state index is 13.3. The lowest BCUT2D eigenvalue weighted by Gasteiger charge is -2.48. The number of fused-ring (bicyclic) bond motifs is 1. The van der Waals surface area contributed by atoms with E-state index in [1.807, 2.05) is 18.3 Å². The second kappa shape index (κ2) is 7.14. The van der Waals surface area contributed by atoms with Gasteiger partial charge in [0.1, 0.15) is 17.3 Å². The van der Waals surface area contributed by atoms with Crippen LogP contribution in [0.5, 0.6) is 0 Å². The summed E-state index contributed by atoms with van der Waals surface area (Å²) in [6.45, 7) is 6.89. The van der Waals surface area contributed by atoms with Crippen LogP contribution >= 0.6 is 0 Å². The van der Waals surface area contributed by atoms with E-state index in [4.69, 9.17) is 0 Å². The number of aromatic nitrogens is 2. The molecule has 7 heteroatoms. The molecule has 0 amide bonds. The fourth-order valence-electron chi connectivity index (χ4n) is 4.22. The Labute approximate surface area is 162 Å². The zero-order valence-electron chi connectivity index (χ0n) is 15.6. The van der Waals surface area contributed by atoms with Crippen LogP contribution in [-0.2, 0) is 6.54 Å². The molecule has 146 valence electrons. The molecule has 2 saturated heterocycles. The molecule has 4 heterocycles. The SMILES string of the molecule is Fc1ccc(N2CCN(C3CN(Cc4cn5cc(F)ccc5n4)C3)CC2)cc1. The van der Waals surface area contributed by atoms with Crippen LogP contribution in [-0.4, -0.2) is 64.5 Å². The summed E-state index contributed by atoms with van der Waals surface area (Å²) in [5, 5.41) is 0. The molecule has 0 unspecified atom stereocenters. The van der Waals surface area contributed by atoms with Gasteiger partial charge in [-0.3, -0.25) is 9.80 Å². The van der Waals surface area contributed by atoms with E-state index < -0.39 is 0 Å². The summed E-state index contributed by atoms with van der Waals surface area (Å²) in [5.41, 5.74) is 2.86. The van der Waals surface area contributed by atoms with Gasteiger partial charge in [-0.05, 0) is 36.4 Å². The van der Waals surface area contributed by atoms with Crippen molar-refractivity contribution in [2.24, 2.45) is 0 Å². The third-order valence-corrected chi connectivity index (χ3v) is 5.81. The highest BCUT2D eigenvalue weighted by Gasteiger charge is 2.33. The molecule has 5 rings (SSSR count). The summed E-state index contributed by atoms with van der Waals surface area (Å²) in [6.07, 6.45) is 3.37. The lowest BCUT2D eigenvalue weighted by atomic mass is 10.1. The highest BCUT2D eigenvalue weighted by atomic mass is 19.1.